The average Bonchev–Trinajstić information content (AvgIpc) is 3.25. The summed E-state index contributed by atoms with van der Waals surface area (Å²) >= 11 is 0. The molecule has 0 aliphatic carbocycles. The number of amidine groups is 1. The first-order valence-corrected chi connectivity index (χ1v) is 10.4. The third-order valence-corrected chi connectivity index (χ3v) is 7.07. The number of nitrogens with two attached hydrogens (primary N) is 1. The molecule has 0 saturated carbocycles. The number of aromatic nitrogens is 2. The molecule has 1 unspecified atom stereocenters. The third kappa shape index (κ3) is 2.71. The number of halogens is 2. The number of Topliss-reactive ketones (excluding diaryl/α,β-unsaturated/α-hetero) is 1. The van der Waals surface area contributed by atoms with Crippen LogP contribution >= 0.6 is 0 Å². The van der Waals surface area contributed by atoms with Crippen LogP contribution in [0.1, 0.15) is 41.9 Å². The third-order valence-electron chi connectivity index (χ3n) is 7.07. The SMILES string of the molecule is C[n+]1cc(C(=O)Cc2ccc3c(c2)C2(COC(N)=N2)C2(COC2)C(C)(C)O3)cn1C(F)F. The number of hydrogen-bond donors (Lipinski definition) is 1. The van der Waals surface area contributed by atoms with Crippen LogP contribution in [0.2, 0.25) is 0 Å². The van der Waals surface area contributed by atoms with E-state index in [0.29, 0.717) is 23.6 Å². The number of fused-ring (bicyclic) bond motifs is 3. The van der Waals surface area contributed by atoms with Crippen molar-refractivity contribution < 1.29 is 32.5 Å². The maximum Gasteiger partial charge on any atom is 0.363 e. The second kappa shape index (κ2) is 6.74. The van der Waals surface area contributed by atoms with Gasteiger partial charge in [-0.1, -0.05) is 10.7 Å². The van der Waals surface area contributed by atoms with Crippen LogP contribution in [0.15, 0.2) is 35.6 Å². The second-order valence-electron chi connectivity index (χ2n) is 9.16. The fourth-order valence-electron chi connectivity index (χ4n) is 5.09. The highest BCUT2D eigenvalue weighted by Gasteiger charge is 2.71. The van der Waals surface area contributed by atoms with Gasteiger partial charge in [0.05, 0.1) is 24.8 Å². The lowest BCUT2D eigenvalue weighted by molar-refractivity contribution is -0.762. The minimum atomic E-state index is -2.72. The van der Waals surface area contributed by atoms with Crippen LogP contribution in [0.5, 0.6) is 5.75 Å². The number of ketones is 1. The van der Waals surface area contributed by atoms with Gasteiger partial charge in [-0.25, -0.2) is 4.99 Å². The molecule has 1 aromatic heterocycles. The normalized spacial score (nSPS) is 24.6. The highest BCUT2D eigenvalue weighted by Crippen LogP contribution is 2.62. The van der Waals surface area contributed by atoms with Crippen molar-refractivity contribution in [2.24, 2.45) is 23.2 Å². The molecule has 3 aliphatic heterocycles. The van der Waals surface area contributed by atoms with Crippen molar-refractivity contribution in [1.29, 1.82) is 0 Å². The smallest absolute Gasteiger partial charge is 0.363 e. The predicted octanol–water partition coefficient (Wildman–Crippen LogP) is 1.86. The maximum absolute atomic E-state index is 13.1. The summed E-state index contributed by atoms with van der Waals surface area (Å²) < 4.78 is 45.6. The van der Waals surface area contributed by atoms with Crippen LogP contribution in [0.4, 0.5) is 8.78 Å². The van der Waals surface area contributed by atoms with E-state index in [2.05, 4.69) is 0 Å². The van der Waals surface area contributed by atoms with Crippen LogP contribution in [0.25, 0.3) is 0 Å². The molecule has 0 amide bonds. The van der Waals surface area contributed by atoms with Crippen LogP contribution in [0.3, 0.4) is 0 Å². The number of carbonyl (C=O) groups excluding carboxylic acids is 1. The Kier molecular flexibility index (Phi) is 4.40. The summed E-state index contributed by atoms with van der Waals surface area (Å²) in [5, 5.41) is 0. The van der Waals surface area contributed by atoms with E-state index in [1.807, 2.05) is 32.0 Å². The molecular formula is C22H25F2N4O4+. The van der Waals surface area contributed by atoms with E-state index in [4.69, 9.17) is 24.9 Å². The lowest BCUT2D eigenvalue weighted by Gasteiger charge is -2.61. The van der Waals surface area contributed by atoms with E-state index in [9.17, 15) is 13.6 Å². The largest absolute Gasteiger partial charge is 0.487 e. The first-order chi connectivity index (χ1) is 15.1. The van der Waals surface area contributed by atoms with Gasteiger partial charge >= 0.3 is 6.55 Å². The molecular weight excluding hydrogens is 422 g/mol. The molecule has 3 aliphatic rings. The van der Waals surface area contributed by atoms with E-state index in [0.717, 1.165) is 17.3 Å². The summed E-state index contributed by atoms with van der Waals surface area (Å²) in [6, 6.07) is 5.63. The Morgan fingerprint density at radius 1 is 1.31 bits per heavy atom. The summed E-state index contributed by atoms with van der Waals surface area (Å²) in [5.74, 6) is 0.388. The quantitative estimate of drug-likeness (QED) is 0.571. The van der Waals surface area contributed by atoms with Gasteiger partial charge in [0.15, 0.2) is 12.8 Å². The van der Waals surface area contributed by atoms with Crippen molar-refractivity contribution in [1.82, 2.24) is 4.68 Å². The Balaban J connectivity index is 1.53. The van der Waals surface area contributed by atoms with Crippen LogP contribution in [0, 0.1) is 5.41 Å². The van der Waals surface area contributed by atoms with E-state index in [-0.39, 0.29) is 30.4 Å². The molecule has 5 rings (SSSR count). The first-order valence-electron chi connectivity index (χ1n) is 10.4. The molecule has 4 heterocycles. The van der Waals surface area contributed by atoms with Gasteiger partial charge in [0, 0.05) is 12.0 Å². The van der Waals surface area contributed by atoms with Gasteiger partial charge in [-0.15, -0.1) is 4.68 Å². The Labute approximate surface area is 183 Å². The van der Waals surface area contributed by atoms with Gasteiger partial charge in [0.2, 0.25) is 6.20 Å². The standard InChI is InChI=1S/C22H25F2N4O4/c1-20(2)21(10-30-11-21)22(12-31-19(25)26-22)15-6-13(4-5-17(15)32-20)7-16(29)14-8-27(3)28(9-14)18(23)24/h4-6,8-9,18H,7,10-12H2,1-3H3,(H2,25,26)/q+1. The molecule has 32 heavy (non-hydrogen) atoms. The van der Waals surface area contributed by atoms with Crippen molar-refractivity contribution in [2.45, 2.75) is 38.0 Å². The Hall–Kier alpha value is -3.01. The van der Waals surface area contributed by atoms with Crippen molar-refractivity contribution >= 4 is 11.8 Å². The molecule has 10 heteroatoms. The van der Waals surface area contributed by atoms with Gasteiger partial charge in [-0.2, -0.15) is 8.78 Å². The molecule has 170 valence electrons. The summed E-state index contributed by atoms with van der Waals surface area (Å²) in [6.07, 6.45) is 2.61. The van der Waals surface area contributed by atoms with Gasteiger partial charge in [-0.05, 0) is 31.5 Å². The molecule has 2 N–H and O–H groups in total. The number of rotatable bonds is 4. The zero-order valence-electron chi connectivity index (χ0n) is 18.1. The number of aryl methyl sites for hydroxylation is 1. The number of aliphatic imine (C=N–C) groups is 1. The Bertz CT molecular complexity index is 1140. The van der Waals surface area contributed by atoms with Crippen LogP contribution in [-0.4, -0.2) is 41.9 Å². The molecule has 1 saturated heterocycles. The zero-order chi connectivity index (χ0) is 22.9. The maximum atomic E-state index is 13.1. The van der Waals surface area contributed by atoms with Crippen molar-refractivity contribution in [3.05, 3.63) is 47.3 Å². The molecule has 8 nitrogen and oxygen atoms in total. The number of hydrogen-bond acceptors (Lipinski definition) is 6. The molecule has 1 atom stereocenters. The zero-order valence-corrected chi connectivity index (χ0v) is 18.1. The average molecular weight is 447 g/mol. The summed E-state index contributed by atoms with van der Waals surface area (Å²) in [7, 11) is 1.47. The van der Waals surface area contributed by atoms with E-state index in [1.165, 1.54) is 17.9 Å². The Morgan fingerprint density at radius 2 is 2.06 bits per heavy atom. The number of nitrogens with zero attached hydrogens (tertiary/aromatic N) is 3. The van der Waals surface area contributed by atoms with Crippen molar-refractivity contribution in [3.8, 4) is 5.75 Å². The van der Waals surface area contributed by atoms with Gasteiger partial charge in [0.1, 0.15) is 29.1 Å². The highest BCUT2D eigenvalue weighted by atomic mass is 19.3. The first kappa shape index (κ1) is 20.9. The minimum absolute atomic E-state index is 0.0452. The predicted molar refractivity (Wildman–Crippen MR) is 109 cm³/mol. The fraction of sp³-hybridized carbons (Fsp3) is 0.500. The minimum Gasteiger partial charge on any atom is -0.487 e. The Morgan fingerprint density at radius 3 is 2.62 bits per heavy atom. The van der Waals surface area contributed by atoms with Crippen molar-refractivity contribution in [3.63, 3.8) is 0 Å². The summed E-state index contributed by atoms with van der Waals surface area (Å²) in [6.45, 7) is 2.44. The van der Waals surface area contributed by atoms with E-state index >= 15 is 0 Å². The molecule has 0 radical (unpaired) electrons. The number of benzene rings is 1. The molecule has 1 aromatic carbocycles. The van der Waals surface area contributed by atoms with Gasteiger partial charge < -0.3 is 19.9 Å². The molecule has 1 fully saturated rings. The van der Waals surface area contributed by atoms with Crippen molar-refractivity contribution in [2.75, 3.05) is 19.8 Å². The summed E-state index contributed by atoms with van der Waals surface area (Å²) in [5.41, 5.74) is 5.83. The number of ether oxygens (including phenoxy) is 3. The lowest BCUT2D eigenvalue weighted by Crippen LogP contribution is -2.71. The van der Waals surface area contributed by atoms with Crippen LogP contribution in [-0.2, 0) is 28.5 Å². The highest BCUT2D eigenvalue weighted by molar-refractivity contribution is 5.96. The number of carbonyl (C=O) groups is 1. The monoisotopic (exact) mass is 447 g/mol. The molecule has 2 spiro atoms. The fourth-order valence-corrected chi connectivity index (χ4v) is 5.09. The molecule has 2 aromatic rings. The van der Waals surface area contributed by atoms with E-state index in [1.54, 1.807) is 0 Å². The van der Waals surface area contributed by atoms with Gasteiger partial charge in [-0.3, -0.25) is 4.79 Å². The molecule has 0 bridgehead atoms. The van der Waals surface area contributed by atoms with Crippen LogP contribution < -0.4 is 15.2 Å². The van der Waals surface area contributed by atoms with E-state index < -0.39 is 23.1 Å². The number of alkyl halides is 2. The second-order valence-corrected chi connectivity index (χ2v) is 9.16. The summed E-state index contributed by atoms with van der Waals surface area (Å²) in [4.78, 5) is 17.6. The van der Waals surface area contributed by atoms with Gasteiger partial charge in [0.25, 0.3) is 6.02 Å². The lowest BCUT2D eigenvalue weighted by atomic mass is 9.55. The topological polar surface area (TPSA) is 92.0 Å².